The number of carbonyl (C=O) groups is 1. The first-order valence-electron chi connectivity index (χ1n) is 6.43. The number of anilines is 1. The van der Waals surface area contributed by atoms with Crippen LogP contribution in [0.2, 0.25) is 5.02 Å². The average molecular weight is 295 g/mol. The van der Waals surface area contributed by atoms with Gasteiger partial charge in [-0.25, -0.2) is 0 Å². The van der Waals surface area contributed by atoms with E-state index in [1.165, 1.54) is 12.1 Å². The van der Waals surface area contributed by atoms with Gasteiger partial charge in [0.05, 0.1) is 4.92 Å². The number of halogens is 1. The maximum absolute atomic E-state index is 11.9. The Morgan fingerprint density at radius 2 is 2.25 bits per heavy atom. The number of nitrogens with one attached hydrogen (secondary N) is 1. The molecule has 0 saturated heterocycles. The van der Waals surface area contributed by atoms with Gasteiger partial charge in [0.15, 0.2) is 5.78 Å². The molecule has 1 saturated carbocycles. The van der Waals surface area contributed by atoms with Crippen LogP contribution in [0.25, 0.3) is 0 Å². The molecule has 0 aliphatic heterocycles. The van der Waals surface area contributed by atoms with Crippen LogP contribution in [0.3, 0.4) is 0 Å². The van der Waals surface area contributed by atoms with E-state index in [9.17, 15) is 14.9 Å². The third-order valence-electron chi connectivity index (χ3n) is 3.40. The largest absolute Gasteiger partial charge is 0.361 e. The van der Waals surface area contributed by atoms with E-state index >= 15 is 0 Å². The van der Waals surface area contributed by atoms with Gasteiger partial charge in [-0.1, -0.05) is 18.5 Å². The van der Waals surface area contributed by atoms with Crippen LogP contribution in [0.5, 0.6) is 0 Å². The van der Waals surface area contributed by atoms with Gasteiger partial charge in [0.25, 0.3) is 5.69 Å². The Balaban J connectivity index is 2.16. The van der Waals surface area contributed by atoms with Crippen molar-refractivity contribution in [1.82, 2.24) is 0 Å². The molecule has 1 atom stereocenters. The average Bonchev–Trinajstić information content (AvgIpc) is 2.41. The SMILES string of the molecule is C[C@@H]1CCC/C(=C/Nc2ccc(Cl)c([N+](=O)[O-])c2)C1=O. The zero-order valence-electron chi connectivity index (χ0n) is 11.1. The van der Waals surface area contributed by atoms with Crippen molar-refractivity contribution in [2.24, 2.45) is 5.92 Å². The van der Waals surface area contributed by atoms with Crippen molar-refractivity contribution in [3.8, 4) is 0 Å². The van der Waals surface area contributed by atoms with Crippen LogP contribution < -0.4 is 5.32 Å². The van der Waals surface area contributed by atoms with Crippen molar-refractivity contribution in [2.75, 3.05) is 5.32 Å². The number of nitro groups is 1. The molecule has 20 heavy (non-hydrogen) atoms. The summed E-state index contributed by atoms with van der Waals surface area (Å²) in [6, 6.07) is 4.46. The topological polar surface area (TPSA) is 72.2 Å². The molecule has 1 N–H and O–H groups in total. The van der Waals surface area contributed by atoms with Gasteiger partial charge in [0.2, 0.25) is 0 Å². The molecule has 1 fully saturated rings. The van der Waals surface area contributed by atoms with E-state index in [2.05, 4.69) is 5.32 Å². The first-order valence-corrected chi connectivity index (χ1v) is 6.80. The van der Waals surface area contributed by atoms with Crippen molar-refractivity contribution >= 4 is 28.8 Å². The summed E-state index contributed by atoms with van der Waals surface area (Å²) in [7, 11) is 0. The van der Waals surface area contributed by atoms with E-state index in [1.54, 1.807) is 12.3 Å². The number of hydrogen-bond donors (Lipinski definition) is 1. The number of nitrogens with zero attached hydrogens (tertiary/aromatic N) is 1. The molecule has 1 aromatic rings. The Labute approximate surface area is 121 Å². The number of hydrogen-bond acceptors (Lipinski definition) is 4. The van der Waals surface area contributed by atoms with Gasteiger partial charge >= 0.3 is 0 Å². The van der Waals surface area contributed by atoms with Gasteiger partial charge in [-0.2, -0.15) is 0 Å². The summed E-state index contributed by atoms with van der Waals surface area (Å²) in [5, 5.41) is 13.8. The molecule has 6 heteroatoms. The molecule has 1 aromatic carbocycles. The number of carbonyl (C=O) groups excluding carboxylic acids is 1. The third kappa shape index (κ3) is 3.17. The summed E-state index contributed by atoms with van der Waals surface area (Å²) in [5.74, 6) is 0.198. The molecule has 106 valence electrons. The van der Waals surface area contributed by atoms with Crippen molar-refractivity contribution in [1.29, 1.82) is 0 Å². The summed E-state index contributed by atoms with van der Waals surface area (Å²) in [6.07, 6.45) is 4.29. The standard InChI is InChI=1S/C14H15ClN2O3/c1-9-3-2-4-10(14(9)18)8-16-11-5-6-12(15)13(7-11)17(19)20/h5-9,16H,2-4H2,1H3/b10-8-/t9-/m1/s1. The van der Waals surface area contributed by atoms with Gasteiger partial charge in [-0.15, -0.1) is 0 Å². The highest BCUT2D eigenvalue weighted by atomic mass is 35.5. The van der Waals surface area contributed by atoms with Crippen LogP contribution in [0.1, 0.15) is 26.2 Å². The molecular weight excluding hydrogens is 280 g/mol. The Morgan fingerprint density at radius 3 is 2.95 bits per heavy atom. The summed E-state index contributed by atoms with van der Waals surface area (Å²) in [4.78, 5) is 22.2. The van der Waals surface area contributed by atoms with Crippen molar-refractivity contribution < 1.29 is 9.72 Å². The molecule has 1 aliphatic rings. The van der Waals surface area contributed by atoms with Gasteiger partial charge < -0.3 is 5.32 Å². The fraction of sp³-hybridized carbons (Fsp3) is 0.357. The highest BCUT2D eigenvalue weighted by Gasteiger charge is 2.22. The molecule has 0 radical (unpaired) electrons. The van der Waals surface area contributed by atoms with Crippen LogP contribution >= 0.6 is 11.6 Å². The highest BCUT2D eigenvalue weighted by Crippen LogP contribution is 2.28. The molecule has 5 nitrogen and oxygen atoms in total. The molecule has 0 bridgehead atoms. The number of Topliss-reactive ketones (excluding diaryl/α,β-unsaturated/α-hetero) is 1. The summed E-state index contributed by atoms with van der Waals surface area (Å²) in [5.41, 5.74) is 1.12. The summed E-state index contributed by atoms with van der Waals surface area (Å²) >= 11 is 5.74. The minimum atomic E-state index is -0.533. The number of benzene rings is 1. The van der Waals surface area contributed by atoms with E-state index in [-0.39, 0.29) is 22.4 Å². The predicted octanol–water partition coefficient (Wildman–Crippen LogP) is 3.93. The number of allylic oxidation sites excluding steroid dienone is 1. The second-order valence-electron chi connectivity index (χ2n) is 4.89. The Morgan fingerprint density at radius 1 is 1.50 bits per heavy atom. The van der Waals surface area contributed by atoms with E-state index < -0.39 is 4.92 Å². The molecule has 0 unspecified atom stereocenters. The number of ketones is 1. The predicted molar refractivity (Wildman–Crippen MR) is 77.8 cm³/mol. The second kappa shape index (κ2) is 6.05. The Hall–Kier alpha value is -1.88. The van der Waals surface area contributed by atoms with E-state index in [0.29, 0.717) is 5.69 Å². The molecule has 0 spiro atoms. The minimum Gasteiger partial charge on any atom is -0.361 e. The van der Waals surface area contributed by atoms with Crippen molar-refractivity contribution in [2.45, 2.75) is 26.2 Å². The van der Waals surface area contributed by atoms with Gasteiger partial charge in [-0.3, -0.25) is 14.9 Å². The van der Waals surface area contributed by atoms with Gasteiger partial charge in [0.1, 0.15) is 5.02 Å². The molecule has 2 rings (SSSR count). The molecule has 0 amide bonds. The first kappa shape index (κ1) is 14.5. The first-order chi connectivity index (χ1) is 9.49. The van der Waals surface area contributed by atoms with Crippen molar-refractivity contribution in [3.63, 3.8) is 0 Å². The monoisotopic (exact) mass is 294 g/mol. The Kier molecular flexibility index (Phi) is 4.39. The van der Waals surface area contributed by atoms with Crippen LogP contribution in [0.15, 0.2) is 30.0 Å². The zero-order valence-corrected chi connectivity index (χ0v) is 11.8. The maximum atomic E-state index is 11.9. The fourth-order valence-electron chi connectivity index (χ4n) is 2.23. The lowest BCUT2D eigenvalue weighted by Crippen LogP contribution is -2.19. The van der Waals surface area contributed by atoms with Crippen LogP contribution in [-0.4, -0.2) is 10.7 Å². The van der Waals surface area contributed by atoms with E-state index in [0.717, 1.165) is 24.8 Å². The quantitative estimate of drug-likeness (QED) is 0.521. The maximum Gasteiger partial charge on any atom is 0.289 e. The van der Waals surface area contributed by atoms with Gasteiger partial charge in [0, 0.05) is 29.4 Å². The fourth-order valence-corrected chi connectivity index (χ4v) is 2.41. The normalized spacial score (nSPS) is 21.0. The lowest BCUT2D eigenvalue weighted by molar-refractivity contribution is -0.384. The van der Waals surface area contributed by atoms with Crippen LogP contribution in [0, 0.1) is 16.0 Å². The lowest BCUT2D eigenvalue weighted by atomic mass is 9.86. The third-order valence-corrected chi connectivity index (χ3v) is 3.72. The zero-order chi connectivity index (χ0) is 14.7. The highest BCUT2D eigenvalue weighted by molar-refractivity contribution is 6.32. The minimum absolute atomic E-state index is 0.0522. The van der Waals surface area contributed by atoms with Gasteiger partial charge in [-0.05, 0) is 31.4 Å². The van der Waals surface area contributed by atoms with Crippen LogP contribution in [0.4, 0.5) is 11.4 Å². The second-order valence-corrected chi connectivity index (χ2v) is 5.30. The molecule has 0 heterocycles. The summed E-state index contributed by atoms with van der Waals surface area (Å²) in [6.45, 7) is 1.92. The van der Waals surface area contributed by atoms with E-state index in [1.807, 2.05) is 6.92 Å². The number of rotatable bonds is 3. The summed E-state index contributed by atoms with van der Waals surface area (Å²) < 4.78 is 0. The van der Waals surface area contributed by atoms with Crippen molar-refractivity contribution in [3.05, 3.63) is 45.1 Å². The molecule has 1 aliphatic carbocycles. The smallest absolute Gasteiger partial charge is 0.289 e. The Bertz CT molecular complexity index is 584. The molecular formula is C14H15ClN2O3. The lowest BCUT2D eigenvalue weighted by Gasteiger charge is -2.19. The van der Waals surface area contributed by atoms with Crippen LogP contribution in [-0.2, 0) is 4.79 Å². The molecule has 0 aromatic heterocycles. The number of nitro benzene ring substituents is 1. The van der Waals surface area contributed by atoms with E-state index in [4.69, 9.17) is 11.6 Å².